The van der Waals surface area contributed by atoms with Gasteiger partial charge in [-0.3, -0.25) is 0 Å². The summed E-state index contributed by atoms with van der Waals surface area (Å²) in [5, 5.41) is 9.07. The first-order valence-electron chi connectivity index (χ1n) is 2.46. The number of halogens is 2. The van der Waals surface area contributed by atoms with Crippen molar-refractivity contribution in [3.8, 4) is 0 Å². The largest absolute Gasteiger partial charge is 0.308 e. The van der Waals surface area contributed by atoms with E-state index in [1.807, 2.05) is 6.92 Å². The number of aryl methyl sites for hydroxylation is 1. The minimum atomic E-state index is -0.581. The zero-order chi connectivity index (χ0) is 7.72. The van der Waals surface area contributed by atoms with Gasteiger partial charge < -0.3 is 0 Å². The Kier molecular flexibility index (Phi) is 2.80. The lowest BCUT2D eigenvalue weighted by molar-refractivity contribution is 1.00. The van der Waals surface area contributed by atoms with Crippen molar-refractivity contribution in [2.75, 3.05) is 0 Å². The van der Waals surface area contributed by atoms with Gasteiger partial charge in [-0.2, -0.15) is 0 Å². The van der Waals surface area contributed by atoms with E-state index in [4.69, 9.17) is 23.2 Å². The van der Waals surface area contributed by atoms with Gasteiger partial charge in [-0.05, 0) is 0 Å². The molecule has 10 heavy (non-hydrogen) atoms. The second kappa shape index (κ2) is 3.26. The third kappa shape index (κ3) is 1.56. The molecule has 0 bridgehead atoms. The van der Waals surface area contributed by atoms with E-state index in [1.165, 1.54) is 0 Å². The molecule has 0 amide bonds. The quantitative estimate of drug-likeness (QED) is 0.338. The molecule has 0 radical (unpaired) electrons. The average molecular weight is 216 g/mol. The van der Waals surface area contributed by atoms with Crippen molar-refractivity contribution in [3.05, 3.63) is 10.0 Å². The normalized spacial score (nSPS) is 12.7. The smallest absolute Gasteiger partial charge is 0.0939 e. The van der Waals surface area contributed by atoms with Crippen LogP contribution in [0, 0.1) is 6.92 Å². The third-order valence-corrected chi connectivity index (χ3v) is 4.33. The lowest BCUT2D eigenvalue weighted by Gasteiger charge is -1.84. The Balaban J connectivity index is 3.05. The van der Waals surface area contributed by atoms with Crippen LogP contribution in [-0.2, 0) is 0 Å². The van der Waals surface area contributed by atoms with E-state index in [-0.39, 0.29) is 9.50 Å². The van der Waals surface area contributed by atoms with Gasteiger partial charge in [0.2, 0.25) is 4.84 Å². The molecule has 0 aliphatic carbocycles. The van der Waals surface area contributed by atoms with Crippen molar-refractivity contribution < 1.29 is 0 Å². The molecule has 0 N–H and O–H groups in total. The van der Waals surface area contributed by atoms with Crippen LogP contribution in [0.3, 0.4) is 0 Å². The Labute approximate surface area is 76.3 Å². The van der Waals surface area contributed by atoms with E-state index in [0.717, 1.165) is 5.01 Å². The molecule has 0 aliphatic heterocycles. The van der Waals surface area contributed by atoms with Crippen LogP contribution in [0.1, 0.15) is 14.9 Å². The number of aromatic nitrogens is 2. The summed E-state index contributed by atoms with van der Waals surface area (Å²) in [5.41, 5.74) is 0. The topological polar surface area (TPSA) is 25.8 Å². The van der Waals surface area contributed by atoms with Gasteiger partial charge in [-0.25, -0.2) is 0 Å². The number of hydrogen-bond donors (Lipinski definition) is 1. The first kappa shape index (κ1) is 8.59. The monoisotopic (exact) mass is 215 g/mol. The van der Waals surface area contributed by atoms with Crippen molar-refractivity contribution in [1.82, 2.24) is 10.2 Å². The predicted octanol–water partition coefficient (Wildman–Crippen LogP) is 2.70. The van der Waals surface area contributed by atoms with Gasteiger partial charge in [0, 0.05) is 6.92 Å². The number of alkyl halides is 2. The molecule has 1 aromatic heterocycles. The molecule has 0 aliphatic rings. The minimum absolute atomic E-state index is 0.355. The summed E-state index contributed by atoms with van der Waals surface area (Å²) in [6.45, 7) is 1.85. The highest BCUT2D eigenvalue weighted by molar-refractivity contribution is 8.33. The molecule has 0 fully saturated rings. The summed E-state index contributed by atoms with van der Waals surface area (Å²) in [7, 11) is -0.355. The molecule has 6 heteroatoms. The summed E-state index contributed by atoms with van der Waals surface area (Å²) >= 11 is 15.3. The van der Waals surface area contributed by atoms with Crippen molar-refractivity contribution in [1.29, 1.82) is 0 Å². The second-order valence-corrected chi connectivity index (χ2v) is 5.41. The van der Waals surface area contributed by atoms with Gasteiger partial charge in [-0.1, -0.05) is 33.4 Å². The van der Waals surface area contributed by atoms with Crippen LogP contribution in [0.15, 0.2) is 0 Å². The fourth-order valence-corrected chi connectivity index (χ4v) is 2.71. The zero-order valence-corrected chi connectivity index (χ0v) is 8.31. The van der Waals surface area contributed by atoms with Crippen LogP contribution in [0.25, 0.3) is 0 Å². The van der Waals surface area contributed by atoms with E-state index >= 15 is 0 Å². The van der Waals surface area contributed by atoms with E-state index in [1.54, 1.807) is 0 Å². The first-order chi connectivity index (χ1) is 4.63. The SMILES string of the molecule is Cc1nnc(C(Cl)Cl)[s+]1S. The summed E-state index contributed by atoms with van der Waals surface area (Å²) in [4.78, 5) is -0.581. The van der Waals surface area contributed by atoms with Crippen LogP contribution >= 0.6 is 44.4 Å². The summed E-state index contributed by atoms with van der Waals surface area (Å²) in [6.07, 6.45) is 0. The lowest BCUT2D eigenvalue weighted by Crippen LogP contribution is -1.78. The van der Waals surface area contributed by atoms with Crippen molar-refractivity contribution in [2.45, 2.75) is 11.8 Å². The Hall–Kier alpha value is 0.490. The molecule has 2 nitrogen and oxygen atoms in total. The molecular formula is C4H5Cl2N2S2+. The van der Waals surface area contributed by atoms with Crippen LogP contribution in [0.4, 0.5) is 0 Å². The van der Waals surface area contributed by atoms with Crippen molar-refractivity contribution >= 4 is 44.4 Å². The third-order valence-electron chi connectivity index (χ3n) is 0.954. The van der Waals surface area contributed by atoms with Crippen molar-refractivity contribution in [3.63, 3.8) is 0 Å². The van der Waals surface area contributed by atoms with Crippen molar-refractivity contribution in [2.24, 2.45) is 0 Å². The maximum Gasteiger partial charge on any atom is 0.308 e. The van der Waals surface area contributed by atoms with Gasteiger partial charge in [0.05, 0.1) is 9.50 Å². The van der Waals surface area contributed by atoms with Crippen LogP contribution in [0.5, 0.6) is 0 Å². The number of hydrogen-bond acceptors (Lipinski definition) is 3. The first-order valence-corrected chi connectivity index (χ1v) is 5.61. The van der Waals surface area contributed by atoms with Gasteiger partial charge >= 0.3 is 5.01 Å². The molecule has 0 spiro atoms. The van der Waals surface area contributed by atoms with Crippen LogP contribution in [0.2, 0.25) is 0 Å². The average Bonchev–Trinajstić information content (AvgIpc) is 2.14. The van der Waals surface area contributed by atoms with Crippen LogP contribution in [-0.4, -0.2) is 10.2 Å². The molecule has 0 aromatic carbocycles. The molecule has 1 atom stereocenters. The summed E-state index contributed by atoms with van der Waals surface area (Å²) in [6, 6.07) is 0. The van der Waals surface area contributed by atoms with E-state index in [2.05, 4.69) is 21.9 Å². The highest BCUT2D eigenvalue weighted by atomic mass is 35.5. The molecule has 56 valence electrons. The van der Waals surface area contributed by atoms with E-state index in [9.17, 15) is 0 Å². The molecule has 1 unspecified atom stereocenters. The van der Waals surface area contributed by atoms with Crippen LogP contribution < -0.4 is 0 Å². The zero-order valence-electron chi connectivity index (χ0n) is 5.08. The Bertz CT molecular complexity index is 235. The number of thiol groups is 1. The molecular weight excluding hydrogens is 211 g/mol. The Morgan fingerprint density at radius 3 is 2.30 bits per heavy atom. The molecule has 0 saturated carbocycles. The molecule has 1 aromatic rings. The van der Waals surface area contributed by atoms with E-state index in [0.29, 0.717) is 5.01 Å². The van der Waals surface area contributed by atoms with E-state index < -0.39 is 4.84 Å². The molecule has 1 heterocycles. The standard InChI is InChI=1S/C4H5Cl2N2S2/c1-2-7-8-4(3(5)6)10(2)9/h3,9H,1H3/q+1. The van der Waals surface area contributed by atoms with Gasteiger partial charge in [-0.15, -0.1) is 0 Å². The maximum atomic E-state index is 5.56. The Morgan fingerprint density at radius 1 is 1.50 bits per heavy atom. The van der Waals surface area contributed by atoms with Gasteiger partial charge in [0.25, 0.3) is 5.01 Å². The van der Waals surface area contributed by atoms with Gasteiger partial charge in [0.15, 0.2) is 0 Å². The summed E-state index contributed by atoms with van der Waals surface area (Å²) < 4.78 is 0. The molecule has 1 rings (SSSR count). The fraction of sp³-hybridized carbons (Fsp3) is 0.500. The lowest BCUT2D eigenvalue weighted by atomic mass is 10.8. The molecule has 0 saturated heterocycles. The highest BCUT2D eigenvalue weighted by Gasteiger charge is 2.24. The predicted molar refractivity (Wildman–Crippen MR) is 48.1 cm³/mol. The second-order valence-electron chi connectivity index (χ2n) is 1.64. The number of rotatable bonds is 1. The summed E-state index contributed by atoms with van der Waals surface area (Å²) in [5.74, 6) is 0. The van der Waals surface area contributed by atoms with Gasteiger partial charge in [0.1, 0.15) is 11.7 Å². The fourth-order valence-electron chi connectivity index (χ4n) is 0.476. The Morgan fingerprint density at radius 2 is 2.10 bits per heavy atom. The number of nitrogens with zero attached hydrogens (tertiary/aromatic N) is 2. The maximum absolute atomic E-state index is 5.56. The minimum Gasteiger partial charge on any atom is -0.0939 e. The highest BCUT2D eigenvalue weighted by Crippen LogP contribution is 2.38.